The number of rotatable bonds is 5. The van der Waals surface area contributed by atoms with Gasteiger partial charge in [0.25, 0.3) is 5.91 Å². The number of carbonyl (C=O) groups excluding carboxylic acids is 2. The van der Waals surface area contributed by atoms with Crippen molar-refractivity contribution < 1.29 is 19.1 Å². The molecule has 3 rings (SSSR count). The van der Waals surface area contributed by atoms with E-state index in [0.29, 0.717) is 5.56 Å². The molecule has 4 N–H and O–H groups in total. The van der Waals surface area contributed by atoms with Gasteiger partial charge in [0.2, 0.25) is 11.9 Å². The molecule has 0 bridgehead atoms. The van der Waals surface area contributed by atoms with Gasteiger partial charge in [-0.25, -0.2) is 14.8 Å². The van der Waals surface area contributed by atoms with Gasteiger partial charge in [-0.1, -0.05) is 12.1 Å². The number of phenols is 1. The van der Waals surface area contributed by atoms with Crippen LogP contribution in [0.4, 0.5) is 10.1 Å². The Hall–Kier alpha value is -4.26. The molecule has 2 amide bonds. The number of halogens is 1. The lowest BCUT2D eigenvalue weighted by molar-refractivity contribution is -0.123. The van der Waals surface area contributed by atoms with E-state index in [1.807, 2.05) is 0 Å². The standard InChI is InChI=1S/C19H15FN6O3/c20-13-5-6-14(12(7-13)9-21)23-17(28)8-15-18(29)25-19(24-15)26-22-10-11-3-1-2-4-16(11)27/h1-7,10,15,27H,8H2,(H,23,28)(H2,24,25,26,29)/b22-10-/t15-/m0/s1. The molecule has 2 aromatic carbocycles. The number of hydrazone groups is 1. The van der Waals surface area contributed by atoms with Crippen molar-refractivity contribution in [3.8, 4) is 11.8 Å². The highest BCUT2D eigenvalue weighted by atomic mass is 19.1. The van der Waals surface area contributed by atoms with Crippen molar-refractivity contribution in [2.75, 3.05) is 5.32 Å². The predicted molar refractivity (Wildman–Crippen MR) is 103 cm³/mol. The van der Waals surface area contributed by atoms with Gasteiger partial charge in [0, 0.05) is 5.56 Å². The van der Waals surface area contributed by atoms with Crippen LogP contribution in [0, 0.1) is 17.1 Å². The van der Waals surface area contributed by atoms with E-state index in [1.54, 1.807) is 24.3 Å². The second kappa shape index (κ2) is 8.62. The summed E-state index contributed by atoms with van der Waals surface area (Å²) in [6.45, 7) is 0. The van der Waals surface area contributed by atoms with Crippen LogP contribution in [0.2, 0.25) is 0 Å². The van der Waals surface area contributed by atoms with E-state index in [9.17, 15) is 19.1 Å². The van der Waals surface area contributed by atoms with E-state index in [2.05, 4.69) is 26.2 Å². The van der Waals surface area contributed by atoms with Crippen LogP contribution < -0.4 is 16.1 Å². The summed E-state index contributed by atoms with van der Waals surface area (Å²) in [6, 6.07) is 10.7. The third-order valence-electron chi connectivity index (χ3n) is 3.89. The number of hydrogen-bond acceptors (Lipinski definition) is 7. The molecule has 0 radical (unpaired) electrons. The zero-order valence-corrected chi connectivity index (χ0v) is 14.9. The van der Waals surface area contributed by atoms with E-state index >= 15 is 0 Å². The van der Waals surface area contributed by atoms with Crippen LogP contribution in [0.3, 0.4) is 0 Å². The fourth-order valence-corrected chi connectivity index (χ4v) is 2.50. The number of carbonyl (C=O) groups is 2. The maximum Gasteiger partial charge on any atom is 0.252 e. The van der Waals surface area contributed by atoms with Gasteiger partial charge in [0.05, 0.1) is 23.9 Å². The van der Waals surface area contributed by atoms with Gasteiger partial charge in [-0.3, -0.25) is 14.9 Å². The number of phenolic OH excluding ortho intramolecular Hbond substituents is 1. The smallest absolute Gasteiger partial charge is 0.252 e. The summed E-state index contributed by atoms with van der Waals surface area (Å²) in [7, 11) is 0. The Kier molecular flexibility index (Phi) is 5.80. The maximum absolute atomic E-state index is 13.2. The molecule has 0 aliphatic carbocycles. The number of aromatic hydroxyl groups is 1. The highest BCUT2D eigenvalue weighted by Crippen LogP contribution is 2.17. The minimum Gasteiger partial charge on any atom is -0.507 e. The molecule has 0 spiro atoms. The Bertz CT molecular complexity index is 1060. The van der Waals surface area contributed by atoms with Gasteiger partial charge in [-0.2, -0.15) is 10.4 Å². The summed E-state index contributed by atoms with van der Waals surface area (Å²) in [4.78, 5) is 28.2. The summed E-state index contributed by atoms with van der Waals surface area (Å²) in [5.74, 6) is -1.56. The number of anilines is 1. The van der Waals surface area contributed by atoms with E-state index in [4.69, 9.17) is 5.26 Å². The molecular formula is C19H15FN6O3. The van der Waals surface area contributed by atoms with Crippen LogP contribution in [-0.4, -0.2) is 35.1 Å². The zero-order chi connectivity index (χ0) is 20.8. The lowest BCUT2D eigenvalue weighted by Crippen LogP contribution is -2.35. The van der Waals surface area contributed by atoms with Gasteiger partial charge in [-0.15, -0.1) is 0 Å². The summed E-state index contributed by atoms with van der Waals surface area (Å²) in [5, 5.41) is 27.5. The number of amides is 2. The van der Waals surface area contributed by atoms with Crippen molar-refractivity contribution in [1.82, 2.24) is 10.7 Å². The van der Waals surface area contributed by atoms with E-state index in [0.717, 1.165) is 12.1 Å². The molecule has 0 saturated carbocycles. The van der Waals surface area contributed by atoms with Crippen LogP contribution in [0.5, 0.6) is 5.75 Å². The molecule has 0 saturated heterocycles. The molecule has 29 heavy (non-hydrogen) atoms. The minimum atomic E-state index is -0.983. The Morgan fingerprint density at radius 1 is 1.38 bits per heavy atom. The molecule has 0 unspecified atom stereocenters. The number of benzene rings is 2. The highest BCUT2D eigenvalue weighted by Gasteiger charge is 2.28. The van der Waals surface area contributed by atoms with Gasteiger partial charge in [-0.05, 0) is 30.3 Å². The van der Waals surface area contributed by atoms with Crippen molar-refractivity contribution in [2.24, 2.45) is 10.1 Å². The molecule has 0 fully saturated rings. The molecule has 10 heteroatoms. The van der Waals surface area contributed by atoms with Crippen LogP contribution in [-0.2, 0) is 9.59 Å². The first-order valence-electron chi connectivity index (χ1n) is 8.41. The lowest BCUT2D eigenvalue weighted by Gasteiger charge is -2.08. The first kappa shape index (κ1) is 19.5. The number of para-hydroxylation sites is 1. The number of hydrogen-bond donors (Lipinski definition) is 4. The normalized spacial score (nSPS) is 15.5. The topological polar surface area (TPSA) is 139 Å². The third-order valence-corrected chi connectivity index (χ3v) is 3.89. The minimum absolute atomic E-state index is 0.0291. The number of nitriles is 1. The van der Waals surface area contributed by atoms with Crippen LogP contribution in [0.1, 0.15) is 17.5 Å². The number of nitrogens with one attached hydrogen (secondary N) is 3. The first-order chi connectivity index (χ1) is 14.0. The van der Waals surface area contributed by atoms with Gasteiger partial charge in [0.15, 0.2) is 0 Å². The van der Waals surface area contributed by atoms with Crippen LogP contribution in [0.25, 0.3) is 0 Å². The van der Waals surface area contributed by atoms with E-state index < -0.39 is 23.7 Å². The molecular weight excluding hydrogens is 379 g/mol. The van der Waals surface area contributed by atoms with Crippen molar-refractivity contribution in [3.05, 3.63) is 59.4 Å². The largest absolute Gasteiger partial charge is 0.507 e. The SMILES string of the molecule is N#Cc1cc(F)ccc1NC(=O)C[C@@H]1N=C(N/N=C\c2ccccc2O)NC1=O. The molecule has 1 heterocycles. The number of nitrogens with zero attached hydrogens (tertiary/aromatic N) is 3. The average Bonchev–Trinajstić information content (AvgIpc) is 3.03. The Labute approximate surface area is 164 Å². The highest BCUT2D eigenvalue weighted by molar-refractivity contribution is 6.07. The van der Waals surface area contributed by atoms with Gasteiger partial charge >= 0.3 is 0 Å². The molecule has 1 aliphatic rings. The van der Waals surface area contributed by atoms with Crippen LogP contribution in [0.15, 0.2) is 52.6 Å². The Morgan fingerprint density at radius 2 is 2.17 bits per heavy atom. The lowest BCUT2D eigenvalue weighted by atomic mass is 10.1. The quantitative estimate of drug-likeness (QED) is 0.446. The van der Waals surface area contributed by atoms with Crippen molar-refractivity contribution in [2.45, 2.75) is 12.5 Å². The van der Waals surface area contributed by atoms with E-state index in [1.165, 1.54) is 18.3 Å². The van der Waals surface area contributed by atoms with Crippen molar-refractivity contribution >= 4 is 29.7 Å². The van der Waals surface area contributed by atoms with Crippen molar-refractivity contribution in [3.63, 3.8) is 0 Å². The summed E-state index contributed by atoms with van der Waals surface area (Å²) in [6.07, 6.45) is 1.07. The second-order valence-electron chi connectivity index (χ2n) is 5.97. The molecule has 2 aromatic rings. The number of aliphatic imine (C=N–C) groups is 1. The maximum atomic E-state index is 13.2. The third kappa shape index (κ3) is 4.92. The monoisotopic (exact) mass is 394 g/mol. The molecule has 9 nitrogen and oxygen atoms in total. The van der Waals surface area contributed by atoms with Crippen molar-refractivity contribution in [1.29, 1.82) is 5.26 Å². The zero-order valence-electron chi connectivity index (χ0n) is 14.9. The Balaban J connectivity index is 1.59. The van der Waals surface area contributed by atoms with Gasteiger partial charge < -0.3 is 10.4 Å². The summed E-state index contributed by atoms with van der Waals surface area (Å²) >= 11 is 0. The average molecular weight is 394 g/mol. The fourth-order valence-electron chi connectivity index (χ4n) is 2.50. The summed E-state index contributed by atoms with van der Waals surface area (Å²) in [5.41, 5.74) is 3.11. The summed E-state index contributed by atoms with van der Waals surface area (Å²) < 4.78 is 13.2. The molecule has 1 aliphatic heterocycles. The molecule has 146 valence electrons. The van der Waals surface area contributed by atoms with E-state index in [-0.39, 0.29) is 29.4 Å². The fraction of sp³-hybridized carbons (Fsp3) is 0.105. The number of guanidine groups is 1. The van der Waals surface area contributed by atoms with Crippen LogP contribution >= 0.6 is 0 Å². The predicted octanol–water partition coefficient (Wildman–Crippen LogP) is 1.21. The first-order valence-corrected chi connectivity index (χ1v) is 8.41. The molecule has 1 atom stereocenters. The second-order valence-corrected chi connectivity index (χ2v) is 5.97. The Morgan fingerprint density at radius 3 is 2.93 bits per heavy atom. The molecule has 0 aromatic heterocycles. The van der Waals surface area contributed by atoms with Gasteiger partial charge in [0.1, 0.15) is 23.7 Å².